The molecule has 0 aliphatic rings. The molecule has 0 aromatic heterocycles. The van der Waals surface area contributed by atoms with Gasteiger partial charge in [-0.3, -0.25) is 0 Å². The van der Waals surface area contributed by atoms with Gasteiger partial charge in [-0.1, -0.05) is 51.9 Å². The summed E-state index contributed by atoms with van der Waals surface area (Å²) < 4.78 is 4.80. The summed E-state index contributed by atoms with van der Waals surface area (Å²) in [4.78, 5) is 21.8. The maximum Gasteiger partial charge on any atom is 0.337 e. The Hall–Kier alpha value is -1.02. The third-order valence-electron chi connectivity index (χ3n) is 3.65. The van der Waals surface area contributed by atoms with Crippen LogP contribution in [0.25, 0.3) is 0 Å². The Kier molecular flexibility index (Phi) is 12.8. The van der Waals surface area contributed by atoms with Crippen molar-refractivity contribution >= 4 is 12.3 Å². The minimum atomic E-state index is -2.01. The maximum absolute atomic E-state index is 11.5. The Bertz CT molecular complexity index is 322. The average molecular weight is 334 g/mol. The maximum atomic E-state index is 11.5. The van der Waals surface area contributed by atoms with Crippen LogP contribution in [0.5, 0.6) is 0 Å². The number of esters is 1. The van der Waals surface area contributed by atoms with E-state index >= 15 is 0 Å². The molecule has 0 bridgehead atoms. The summed E-state index contributed by atoms with van der Waals surface area (Å²) in [6.07, 6.45) is 0.861. The average Bonchev–Trinajstić information content (AvgIpc) is 2.57. The lowest BCUT2D eigenvalue weighted by Crippen LogP contribution is -2.48. The number of hydrogen-bond acceptors (Lipinski definition) is 7. The number of ether oxygens (including phenoxy) is 1. The lowest BCUT2D eigenvalue weighted by molar-refractivity contribution is -0.169. The number of carbonyl (C=O) groups is 2. The normalized spacial score (nSPS) is 16.4. The lowest BCUT2D eigenvalue weighted by atomic mass is 10.0. The van der Waals surface area contributed by atoms with E-state index in [-0.39, 0.29) is 12.9 Å². The molecular formula is C16H30O7. The van der Waals surface area contributed by atoms with E-state index in [0.29, 0.717) is 6.42 Å². The van der Waals surface area contributed by atoms with Crippen molar-refractivity contribution in [1.82, 2.24) is 0 Å². The molecule has 0 unspecified atom stereocenters. The minimum Gasteiger partial charge on any atom is -0.464 e. The van der Waals surface area contributed by atoms with E-state index in [9.17, 15) is 24.9 Å². The Labute approximate surface area is 137 Å². The summed E-state index contributed by atoms with van der Waals surface area (Å²) in [5.41, 5.74) is 0. The molecule has 0 aromatic carbocycles. The first kappa shape index (κ1) is 22.0. The fourth-order valence-corrected chi connectivity index (χ4v) is 2.10. The second kappa shape index (κ2) is 13.4. The van der Waals surface area contributed by atoms with E-state index in [1.807, 2.05) is 0 Å². The van der Waals surface area contributed by atoms with Gasteiger partial charge >= 0.3 is 5.97 Å². The molecule has 0 aliphatic heterocycles. The van der Waals surface area contributed by atoms with Crippen LogP contribution in [0.3, 0.4) is 0 Å². The predicted octanol–water partition coefficient (Wildman–Crippen LogP) is 0.313. The predicted molar refractivity (Wildman–Crippen MR) is 83.7 cm³/mol. The molecule has 0 spiro atoms. The topological polar surface area (TPSA) is 124 Å². The van der Waals surface area contributed by atoms with Gasteiger partial charge in [0, 0.05) is 0 Å². The van der Waals surface area contributed by atoms with Crippen molar-refractivity contribution in [2.45, 2.75) is 82.7 Å². The molecule has 0 amide bonds. The fraction of sp³-hybridized carbons (Fsp3) is 0.875. The van der Waals surface area contributed by atoms with Gasteiger partial charge in [-0.25, -0.2) is 4.79 Å². The van der Waals surface area contributed by atoms with Crippen molar-refractivity contribution in [3.8, 4) is 0 Å². The van der Waals surface area contributed by atoms with E-state index < -0.39 is 30.4 Å². The molecule has 0 radical (unpaired) electrons. The van der Waals surface area contributed by atoms with Crippen LogP contribution in [-0.4, -0.2) is 63.7 Å². The van der Waals surface area contributed by atoms with Gasteiger partial charge in [0.15, 0.2) is 12.4 Å². The zero-order valence-corrected chi connectivity index (χ0v) is 13.8. The SMILES string of the molecule is CCCCCCCCCCOC(=O)[C@@H](O)[C@H](O)[C@H](O)[C@@H](O)C=O. The van der Waals surface area contributed by atoms with Gasteiger partial charge in [-0.15, -0.1) is 0 Å². The first-order valence-electron chi connectivity index (χ1n) is 8.29. The second-order valence-corrected chi connectivity index (χ2v) is 5.70. The molecule has 4 N–H and O–H groups in total. The van der Waals surface area contributed by atoms with Crippen molar-refractivity contribution in [1.29, 1.82) is 0 Å². The quantitative estimate of drug-likeness (QED) is 0.205. The summed E-state index contributed by atoms with van der Waals surface area (Å²) in [6.45, 7) is 2.28. The van der Waals surface area contributed by atoms with Gasteiger partial charge in [-0.05, 0) is 6.42 Å². The molecule has 0 saturated carbocycles. The molecule has 0 aromatic rings. The van der Waals surface area contributed by atoms with Crippen molar-refractivity contribution in [2.24, 2.45) is 0 Å². The number of aliphatic hydroxyl groups is 4. The van der Waals surface area contributed by atoms with Crippen molar-refractivity contribution < 1.29 is 34.8 Å². The fourth-order valence-electron chi connectivity index (χ4n) is 2.10. The summed E-state index contributed by atoms with van der Waals surface area (Å²) in [6, 6.07) is 0. The smallest absolute Gasteiger partial charge is 0.337 e. The third-order valence-corrected chi connectivity index (χ3v) is 3.65. The summed E-state index contributed by atoms with van der Waals surface area (Å²) in [5.74, 6) is -1.09. The molecule has 4 atom stereocenters. The molecule has 0 rings (SSSR count). The number of hydrogen-bond donors (Lipinski definition) is 4. The molecule has 0 saturated heterocycles. The van der Waals surface area contributed by atoms with Crippen LogP contribution >= 0.6 is 0 Å². The van der Waals surface area contributed by atoms with E-state index in [1.54, 1.807) is 0 Å². The number of aliphatic hydroxyl groups excluding tert-OH is 4. The van der Waals surface area contributed by atoms with Crippen LogP contribution in [0.15, 0.2) is 0 Å². The van der Waals surface area contributed by atoms with Gasteiger partial charge < -0.3 is 30.0 Å². The summed E-state index contributed by atoms with van der Waals surface area (Å²) >= 11 is 0. The number of rotatable bonds is 14. The molecule has 23 heavy (non-hydrogen) atoms. The molecule has 0 heterocycles. The summed E-state index contributed by atoms with van der Waals surface area (Å²) in [5, 5.41) is 37.4. The Morgan fingerprint density at radius 2 is 1.43 bits per heavy atom. The summed E-state index contributed by atoms with van der Waals surface area (Å²) in [7, 11) is 0. The first-order valence-corrected chi connectivity index (χ1v) is 8.29. The molecular weight excluding hydrogens is 304 g/mol. The highest BCUT2D eigenvalue weighted by molar-refractivity contribution is 5.75. The molecule has 0 fully saturated rings. The number of carbonyl (C=O) groups excluding carboxylic acids is 2. The van der Waals surface area contributed by atoms with Gasteiger partial charge in [0.25, 0.3) is 0 Å². The highest BCUT2D eigenvalue weighted by atomic mass is 16.5. The van der Waals surface area contributed by atoms with E-state index in [1.165, 1.54) is 25.7 Å². The van der Waals surface area contributed by atoms with Gasteiger partial charge in [0.05, 0.1) is 6.61 Å². The lowest BCUT2D eigenvalue weighted by Gasteiger charge is -2.22. The van der Waals surface area contributed by atoms with Crippen LogP contribution in [0.4, 0.5) is 0 Å². The molecule has 0 aliphatic carbocycles. The van der Waals surface area contributed by atoms with Crippen molar-refractivity contribution in [2.75, 3.05) is 6.61 Å². The van der Waals surface area contributed by atoms with Crippen LogP contribution in [0, 0.1) is 0 Å². The third kappa shape index (κ3) is 9.65. The Balaban J connectivity index is 3.78. The van der Waals surface area contributed by atoms with E-state index in [2.05, 4.69) is 6.92 Å². The van der Waals surface area contributed by atoms with Crippen molar-refractivity contribution in [3.05, 3.63) is 0 Å². The first-order chi connectivity index (χ1) is 11.0. The molecule has 136 valence electrons. The van der Waals surface area contributed by atoms with Crippen LogP contribution in [0.2, 0.25) is 0 Å². The highest BCUT2D eigenvalue weighted by Crippen LogP contribution is 2.09. The second-order valence-electron chi connectivity index (χ2n) is 5.70. The van der Waals surface area contributed by atoms with Crippen LogP contribution in [-0.2, 0) is 14.3 Å². The zero-order chi connectivity index (χ0) is 17.7. The van der Waals surface area contributed by atoms with Gasteiger partial charge in [0.2, 0.25) is 0 Å². The standard InChI is InChI=1S/C16H30O7/c1-2-3-4-5-6-7-8-9-10-23-16(22)15(21)14(20)13(19)12(18)11-17/h11-15,18-21H,2-10H2,1H3/t12-,13+,14+,15-/m0/s1. The number of unbranched alkanes of at least 4 members (excludes halogenated alkanes) is 7. The van der Waals surface area contributed by atoms with Crippen LogP contribution in [0.1, 0.15) is 58.3 Å². The highest BCUT2D eigenvalue weighted by Gasteiger charge is 2.35. The van der Waals surface area contributed by atoms with Crippen LogP contribution < -0.4 is 0 Å². The molecule has 7 nitrogen and oxygen atoms in total. The van der Waals surface area contributed by atoms with E-state index in [4.69, 9.17) is 9.84 Å². The molecule has 7 heteroatoms. The van der Waals surface area contributed by atoms with E-state index in [0.717, 1.165) is 19.3 Å². The Morgan fingerprint density at radius 3 is 1.96 bits per heavy atom. The zero-order valence-electron chi connectivity index (χ0n) is 13.8. The number of aldehydes is 1. The van der Waals surface area contributed by atoms with Gasteiger partial charge in [-0.2, -0.15) is 0 Å². The van der Waals surface area contributed by atoms with Crippen molar-refractivity contribution in [3.63, 3.8) is 0 Å². The van der Waals surface area contributed by atoms with Gasteiger partial charge in [0.1, 0.15) is 18.3 Å². The largest absolute Gasteiger partial charge is 0.464 e. The monoisotopic (exact) mass is 334 g/mol. The minimum absolute atomic E-state index is 0.00640. The Morgan fingerprint density at radius 1 is 0.913 bits per heavy atom.